The highest BCUT2D eigenvalue weighted by atomic mass is 16.4. The number of anilines is 1. The summed E-state index contributed by atoms with van der Waals surface area (Å²) in [5.74, 6) is -1.80. The molecule has 0 aliphatic heterocycles. The van der Waals surface area contributed by atoms with Gasteiger partial charge in [0, 0.05) is 34.8 Å². The summed E-state index contributed by atoms with van der Waals surface area (Å²) in [6.45, 7) is 0. The van der Waals surface area contributed by atoms with Crippen molar-refractivity contribution in [3.05, 3.63) is 102 Å². The topological polar surface area (TPSA) is 111 Å². The first-order valence-corrected chi connectivity index (χ1v) is 10.1. The highest BCUT2D eigenvalue weighted by molar-refractivity contribution is 6.01. The Morgan fingerprint density at radius 3 is 2.25 bits per heavy atom. The van der Waals surface area contributed by atoms with Crippen LogP contribution in [0.1, 0.15) is 26.3 Å². The number of carboxylic acids is 1. The van der Waals surface area contributed by atoms with Crippen LogP contribution in [0.15, 0.2) is 85.1 Å². The van der Waals surface area contributed by atoms with E-state index in [-0.39, 0.29) is 17.9 Å². The number of aromatic nitrogens is 1. The third kappa shape index (κ3) is 4.67. The number of benzene rings is 3. The van der Waals surface area contributed by atoms with Gasteiger partial charge in [-0.2, -0.15) is 0 Å². The van der Waals surface area contributed by atoms with Gasteiger partial charge in [0.15, 0.2) is 0 Å². The van der Waals surface area contributed by atoms with Gasteiger partial charge in [-0.3, -0.25) is 9.59 Å². The summed E-state index contributed by atoms with van der Waals surface area (Å²) in [5, 5.41) is 15.6. The van der Waals surface area contributed by atoms with E-state index in [9.17, 15) is 14.4 Å². The van der Waals surface area contributed by atoms with Crippen molar-refractivity contribution in [2.45, 2.75) is 12.5 Å². The zero-order valence-electron chi connectivity index (χ0n) is 17.0. The summed E-state index contributed by atoms with van der Waals surface area (Å²) in [5.41, 5.74) is 2.86. The number of carbonyl (C=O) groups excluding carboxylic acids is 2. The second kappa shape index (κ2) is 9.18. The summed E-state index contributed by atoms with van der Waals surface area (Å²) < 4.78 is 0. The molecular weight excluding hydrogens is 406 g/mol. The Balaban J connectivity index is 1.57. The smallest absolute Gasteiger partial charge is 0.335 e. The second-order valence-corrected chi connectivity index (χ2v) is 7.33. The van der Waals surface area contributed by atoms with E-state index in [1.54, 1.807) is 24.3 Å². The number of H-pyrrole nitrogens is 1. The minimum atomic E-state index is -1.05. The standard InChI is InChI=1S/C25H21N3O4/c29-23(16-6-2-1-3-7-16)28-22(14-18-15-26-21-9-5-4-8-20(18)21)24(30)27-19-12-10-17(11-13-19)25(31)32/h1-13,15,22,26H,14H2,(H,27,30)(H,28,29)(H,31,32)/t22-/m0/s1. The molecule has 0 spiro atoms. The van der Waals surface area contributed by atoms with Gasteiger partial charge >= 0.3 is 5.97 Å². The lowest BCUT2D eigenvalue weighted by atomic mass is 10.0. The predicted molar refractivity (Wildman–Crippen MR) is 122 cm³/mol. The van der Waals surface area contributed by atoms with Crippen LogP contribution in [0.4, 0.5) is 5.69 Å². The normalized spacial score (nSPS) is 11.6. The Morgan fingerprint density at radius 2 is 1.53 bits per heavy atom. The van der Waals surface area contributed by atoms with Gasteiger partial charge in [-0.15, -0.1) is 0 Å². The van der Waals surface area contributed by atoms with Crippen LogP contribution in [0.5, 0.6) is 0 Å². The number of para-hydroxylation sites is 1. The molecule has 160 valence electrons. The maximum Gasteiger partial charge on any atom is 0.335 e. The number of aromatic amines is 1. The highest BCUT2D eigenvalue weighted by Crippen LogP contribution is 2.20. The first kappa shape index (κ1) is 20.9. The van der Waals surface area contributed by atoms with Gasteiger partial charge in [0.25, 0.3) is 5.91 Å². The van der Waals surface area contributed by atoms with Crippen LogP contribution in [0.2, 0.25) is 0 Å². The van der Waals surface area contributed by atoms with Crippen LogP contribution >= 0.6 is 0 Å². The number of amides is 2. The fraction of sp³-hybridized carbons (Fsp3) is 0.0800. The number of nitrogens with one attached hydrogen (secondary N) is 3. The fourth-order valence-electron chi connectivity index (χ4n) is 3.49. The summed E-state index contributed by atoms with van der Waals surface area (Å²) in [4.78, 5) is 40.1. The van der Waals surface area contributed by atoms with Gasteiger partial charge in [0.2, 0.25) is 5.91 Å². The molecule has 32 heavy (non-hydrogen) atoms. The van der Waals surface area contributed by atoms with Crippen LogP contribution in [-0.4, -0.2) is 33.9 Å². The molecule has 2 amide bonds. The maximum atomic E-state index is 13.1. The Hall–Kier alpha value is -4.39. The van der Waals surface area contributed by atoms with Crippen molar-refractivity contribution in [2.75, 3.05) is 5.32 Å². The molecule has 0 fully saturated rings. The van der Waals surface area contributed by atoms with Crippen molar-refractivity contribution in [2.24, 2.45) is 0 Å². The van der Waals surface area contributed by atoms with Crippen molar-refractivity contribution in [3.63, 3.8) is 0 Å². The Bertz CT molecular complexity index is 1260. The first-order valence-electron chi connectivity index (χ1n) is 10.1. The Labute approximate surface area is 184 Å². The zero-order chi connectivity index (χ0) is 22.5. The molecule has 0 aliphatic rings. The largest absolute Gasteiger partial charge is 0.478 e. The van der Waals surface area contributed by atoms with E-state index in [0.29, 0.717) is 11.3 Å². The van der Waals surface area contributed by atoms with E-state index >= 15 is 0 Å². The molecule has 1 atom stereocenters. The molecule has 1 heterocycles. The summed E-state index contributed by atoms with van der Waals surface area (Å²) in [6, 6.07) is 21.4. The highest BCUT2D eigenvalue weighted by Gasteiger charge is 2.23. The zero-order valence-corrected chi connectivity index (χ0v) is 17.0. The van der Waals surface area contributed by atoms with E-state index in [4.69, 9.17) is 5.11 Å². The molecule has 4 aromatic rings. The Morgan fingerprint density at radius 1 is 0.844 bits per heavy atom. The average Bonchev–Trinajstić information content (AvgIpc) is 3.22. The van der Waals surface area contributed by atoms with Crippen molar-refractivity contribution in [3.8, 4) is 0 Å². The minimum Gasteiger partial charge on any atom is -0.478 e. The van der Waals surface area contributed by atoms with Crippen LogP contribution < -0.4 is 10.6 Å². The summed E-state index contributed by atoms with van der Waals surface area (Å²) in [6.07, 6.45) is 2.11. The lowest BCUT2D eigenvalue weighted by molar-refractivity contribution is -0.118. The third-order valence-electron chi connectivity index (χ3n) is 5.16. The number of hydrogen-bond acceptors (Lipinski definition) is 3. The SMILES string of the molecule is O=C(O)c1ccc(NC(=O)[C@H](Cc2c[nH]c3ccccc23)NC(=O)c2ccccc2)cc1. The molecular formula is C25H21N3O4. The van der Waals surface area contributed by atoms with Crippen molar-refractivity contribution >= 4 is 34.4 Å². The quantitative estimate of drug-likeness (QED) is 0.359. The van der Waals surface area contributed by atoms with Gasteiger partial charge in [-0.1, -0.05) is 36.4 Å². The van der Waals surface area contributed by atoms with Crippen LogP contribution in [0.3, 0.4) is 0 Å². The van der Waals surface area contributed by atoms with Crippen molar-refractivity contribution < 1.29 is 19.5 Å². The molecule has 0 saturated heterocycles. The van der Waals surface area contributed by atoms with Gasteiger partial charge < -0.3 is 20.7 Å². The van der Waals surface area contributed by atoms with E-state index in [2.05, 4.69) is 15.6 Å². The summed E-state index contributed by atoms with van der Waals surface area (Å²) >= 11 is 0. The van der Waals surface area contributed by atoms with Crippen molar-refractivity contribution in [1.29, 1.82) is 0 Å². The maximum absolute atomic E-state index is 13.1. The van der Waals surface area contributed by atoms with Crippen LogP contribution in [-0.2, 0) is 11.2 Å². The molecule has 0 radical (unpaired) electrons. The number of rotatable bonds is 7. The molecule has 0 aliphatic carbocycles. The minimum absolute atomic E-state index is 0.121. The lowest BCUT2D eigenvalue weighted by Gasteiger charge is -2.19. The van der Waals surface area contributed by atoms with Crippen LogP contribution in [0, 0.1) is 0 Å². The summed E-state index contributed by atoms with van der Waals surface area (Å²) in [7, 11) is 0. The van der Waals surface area contributed by atoms with Gasteiger partial charge in [0.1, 0.15) is 6.04 Å². The molecule has 7 heteroatoms. The average molecular weight is 427 g/mol. The number of hydrogen-bond donors (Lipinski definition) is 4. The van der Waals surface area contributed by atoms with E-state index in [0.717, 1.165) is 16.5 Å². The monoisotopic (exact) mass is 427 g/mol. The van der Waals surface area contributed by atoms with Crippen LogP contribution in [0.25, 0.3) is 10.9 Å². The predicted octanol–water partition coefficient (Wildman–Crippen LogP) is 3.85. The Kier molecular flexibility index (Phi) is 5.98. The molecule has 7 nitrogen and oxygen atoms in total. The van der Waals surface area contributed by atoms with Gasteiger partial charge in [-0.05, 0) is 48.0 Å². The number of carbonyl (C=O) groups is 3. The molecule has 0 saturated carbocycles. The van der Waals surface area contributed by atoms with Gasteiger partial charge in [0.05, 0.1) is 5.56 Å². The molecule has 4 rings (SSSR count). The first-order chi connectivity index (χ1) is 15.5. The molecule has 1 aromatic heterocycles. The lowest BCUT2D eigenvalue weighted by Crippen LogP contribution is -2.45. The number of fused-ring (bicyclic) bond motifs is 1. The van der Waals surface area contributed by atoms with E-state index in [1.807, 2.05) is 36.5 Å². The molecule has 4 N–H and O–H groups in total. The van der Waals surface area contributed by atoms with E-state index < -0.39 is 17.9 Å². The van der Waals surface area contributed by atoms with Gasteiger partial charge in [-0.25, -0.2) is 4.79 Å². The molecule has 3 aromatic carbocycles. The molecule has 0 bridgehead atoms. The van der Waals surface area contributed by atoms with Crippen molar-refractivity contribution in [1.82, 2.24) is 10.3 Å². The fourth-order valence-corrected chi connectivity index (χ4v) is 3.49. The molecule has 0 unspecified atom stereocenters. The number of aromatic carboxylic acids is 1. The number of carboxylic acid groups (broad SMARTS) is 1. The van der Waals surface area contributed by atoms with E-state index in [1.165, 1.54) is 24.3 Å². The second-order valence-electron chi connectivity index (χ2n) is 7.33. The third-order valence-corrected chi connectivity index (χ3v) is 5.16.